The Labute approximate surface area is 110 Å². The molecule has 2 nitrogen and oxygen atoms in total. The second-order valence-corrected chi connectivity index (χ2v) is 6.36. The van der Waals surface area contributed by atoms with Gasteiger partial charge in [0.2, 0.25) is 0 Å². The normalized spacial score (nSPS) is 16.0. The number of aliphatic hydroxyl groups excluding tert-OH is 1. The van der Waals surface area contributed by atoms with Crippen LogP contribution in [0, 0.1) is 11.3 Å². The lowest BCUT2D eigenvalue weighted by Gasteiger charge is -2.28. The molecule has 0 aromatic heterocycles. The topological polar surface area (TPSA) is 29.5 Å². The van der Waals surface area contributed by atoms with Crippen LogP contribution in [-0.4, -0.2) is 18.3 Å². The molecule has 1 aliphatic carbocycles. The van der Waals surface area contributed by atoms with Crippen molar-refractivity contribution in [1.29, 1.82) is 0 Å². The molecule has 0 amide bonds. The summed E-state index contributed by atoms with van der Waals surface area (Å²) < 4.78 is 5.76. The lowest BCUT2D eigenvalue weighted by Crippen LogP contribution is -2.28. The van der Waals surface area contributed by atoms with Gasteiger partial charge in [0, 0.05) is 12.5 Å². The van der Waals surface area contributed by atoms with Gasteiger partial charge in [-0.05, 0) is 34.9 Å². The number of aryl methyl sites for hydroxylation is 2. The summed E-state index contributed by atoms with van der Waals surface area (Å²) in [5, 5.41) is 9.37. The van der Waals surface area contributed by atoms with Crippen LogP contribution in [-0.2, 0) is 24.2 Å². The van der Waals surface area contributed by atoms with Crippen LogP contribution in [0.3, 0.4) is 0 Å². The Hall–Kier alpha value is -0.860. The summed E-state index contributed by atoms with van der Waals surface area (Å²) in [6.45, 7) is 7.89. The molecule has 0 radical (unpaired) electrons. The van der Waals surface area contributed by atoms with E-state index in [-0.39, 0.29) is 17.9 Å². The van der Waals surface area contributed by atoms with Crippen molar-refractivity contribution < 1.29 is 9.84 Å². The monoisotopic (exact) mass is 248 g/mol. The van der Waals surface area contributed by atoms with Crippen LogP contribution in [0.2, 0.25) is 0 Å². The van der Waals surface area contributed by atoms with Crippen LogP contribution in [0.15, 0.2) is 18.2 Å². The van der Waals surface area contributed by atoms with Crippen LogP contribution < -0.4 is 0 Å². The number of rotatable bonds is 5. The number of aliphatic hydroxyl groups is 1. The average Bonchev–Trinajstić information content (AvgIpc) is 2.26. The quantitative estimate of drug-likeness (QED) is 0.868. The largest absolute Gasteiger partial charge is 0.396 e. The first-order chi connectivity index (χ1) is 8.50. The van der Waals surface area contributed by atoms with Crippen molar-refractivity contribution in [2.75, 3.05) is 13.2 Å². The highest BCUT2D eigenvalue weighted by molar-refractivity contribution is 5.38. The Morgan fingerprint density at radius 1 is 1.22 bits per heavy atom. The highest BCUT2D eigenvalue weighted by Crippen LogP contribution is 2.27. The average molecular weight is 248 g/mol. The minimum absolute atomic E-state index is 0.0925. The lowest BCUT2D eigenvalue weighted by molar-refractivity contribution is 0.0166. The Morgan fingerprint density at radius 2 is 1.94 bits per heavy atom. The van der Waals surface area contributed by atoms with E-state index in [0.717, 1.165) is 0 Å². The SMILES string of the molecule is CC(C)(C)C(CO)COCc1ccc2c(c1)CC2. The predicted molar refractivity (Wildman–Crippen MR) is 73.5 cm³/mol. The molecule has 2 rings (SSSR count). The first-order valence-corrected chi connectivity index (χ1v) is 6.80. The first kappa shape index (κ1) is 13.6. The van der Waals surface area contributed by atoms with Gasteiger partial charge in [0.05, 0.1) is 13.2 Å². The van der Waals surface area contributed by atoms with Gasteiger partial charge in [-0.25, -0.2) is 0 Å². The van der Waals surface area contributed by atoms with Gasteiger partial charge in [0.1, 0.15) is 0 Å². The third-order valence-electron chi connectivity index (χ3n) is 3.97. The van der Waals surface area contributed by atoms with Crippen molar-refractivity contribution in [3.05, 3.63) is 34.9 Å². The molecule has 1 aromatic rings. The van der Waals surface area contributed by atoms with E-state index in [1.165, 1.54) is 29.5 Å². The van der Waals surface area contributed by atoms with Crippen LogP contribution in [0.25, 0.3) is 0 Å². The summed E-state index contributed by atoms with van der Waals surface area (Å²) in [5.41, 5.74) is 4.31. The Morgan fingerprint density at radius 3 is 2.44 bits per heavy atom. The fourth-order valence-electron chi connectivity index (χ4n) is 2.23. The van der Waals surface area contributed by atoms with Gasteiger partial charge in [0.15, 0.2) is 0 Å². The first-order valence-electron chi connectivity index (χ1n) is 6.80. The van der Waals surface area contributed by atoms with Crippen LogP contribution in [0.1, 0.15) is 37.5 Å². The molecule has 2 heteroatoms. The van der Waals surface area contributed by atoms with Crippen molar-refractivity contribution in [3.8, 4) is 0 Å². The standard InChI is InChI=1S/C16H24O2/c1-16(2,3)15(9-17)11-18-10-12-4-5-13-6-7-14(13)8-12/h4-5,8,15,17H,6-7,9-11H2,1-3H3. The Kier molecular flexibility index (Phi) is 4.08. The zero-order valence-corrected chi connectivity index (χ0v) is 11.7. The summed E-state index contributed by atoms with van der Waals surface area (Å²) in [7, 11) is 0. The second kappa shape index (κ2) is 5.41. The van der Waals surface area contributed by atoms with E-state index < -0.39 is 0 Å². The Bertz CT molecular complexity index is 404. The molecule has 0 spiro atoms. The predicted octanol–water partition coefficient (Wildman–Crippen LogP) is 2.96. The molecule has 0 saturated carbocycles. The number of ether oxygens (including phenoxy) is 1. The maximum absolute atomic E-state index is 9.37. The summed E-state index contributed by atoms with van der Waals surface area (Å²) in [6, 6.07) is 6.62. The molecule has 18 heavy (non-hydrogen) atoms. The van der Waals surface area contributed by atoms with E-state index in [1.807, 2.05) is 0 Å². The number of hydrogen-bond donors (Lipinski definition) is 1. The number of benzene rings is 1. The van der Waals surface area contributed by atoms with Gasteiger partial charge in [-0.15, -0.1) is 0 Å². The van der Waals surface area contributed by atoms with E-state index in [0.29, 0.717) is 13.2 Å². The fraction of sp³-hybridized carbons (Fsp3) is 0.625. The summed E-state index contributed by atoms with van der Waals surface area (Å²) in [5.74, 6) is 0.198. The van der Waals surface area contributed by atoms with Gasteiger partial charge < -0.3 is 9.84 Å². The van der Waals surface area contributed by atoms with Gasteiger partial charge in [0.25, 0.3) is 0 Å². The van der Waals surface area contributed by atoms with Crippen LogP contribution >= 0.6 is 0 Å². The number of fused-ring (bicyclic) bond motifs is 1. The maximum Gasteiger partial charge on any atom is 0.0717 e. The minimum Gasteiger partial charge on any atom is -0.396 e. The third-order valence-corrected chi connectivity index (χ3v) is 3.97. The summed E-state index contributed by atoms with van der Waals surface area (Å²) >= 11 is 0. The zero-order valence-electron chi connectivity index (χ0n) is 11.7. The second-order valence-electron chi connectivity index (χ2n) is 6.36. The smallest absolute Gasteiger partial charge is 0.0717 e. The van der Waals surface area contributed by atoms with E-state index in [4.69, 9.17) is 4.74 Å². The van der Waals surface area contributed by atoms with Crippen LogP contribution in [0.5, 0.6) is 0 Å². The molecule has 1 aliphatic rings. The van der Waals surface area contributed by atoms with Crippen molar-refractivity contribution in [2.24, 2.45) is 11.3 Å². The van der Waals surface area contributed by atoms with Crippen molar-refractivity contribution >= 4 is 0 Å². The van der Waals surface area contributed by atoms with Crippen LogP contribution in [0.4, 0.5) is 0 Å². The molecular formula is C16H24O2. The van der Waals surface area contributed by atoms with Crippen molar-refractivity contribution in [1.82, 2.24) is 0 Å². The minimum atomic E-state index is 0.0925. The molecule has 0 bridgehead atoms. The maximum atomic E-state index is 9.37. The molecule has 0 heterocycles. The van der Waals surface area contributed by atoms with E-state index >= 15 is 0 Å². The van der Waals surface area contributed by atoms with Gasteiger partial charge in [-0.2, -0.15) is 0 Å². The molecule has 0 fully saturated rings. The number of hydrogen-bond acceptors (Lipinski definition) is 2. The molecule has 1 atom stereocenters. The Balaban J connectivity index is 1.82. The highest BCUT2D eigenvalue weighted by atomic mass is 16.5. The fourth-order valence-corrected chi connectivity index (χ4v) is 2.23. The lowest BCUT2D eigenvalue weighted by atomic mass is 9.82. The molecule has 1 N–H and O–H groups in total. The van der Waals surface area contributed by atoms with Crippen molar-refractivity contribution in [3.63, 3.8) is 0 Å². The molecular weight excluding hydrogens is 224 g/mol. The summed E-state index contributed by atoms with van der Waals surface area (Å²) in [4.78, 5) is 0. The third kappa shape index (κ3) is 3.12. The molecule has 0 saturated heterocycles. The molecule has 1 unspecified atom stereocenters. The highest BCUT2D eigenvalue weighted by Gasteiger charge is 2.24. The van der Waals surface area contributed by atoms with Crippen molar-refractivity contribution in [2.45, 2.75) is 40.2 Å². The van der Waals surface area contributed by atoms with E-state index in [9.17, 15) is 5.11 Å². The van der Waals surface area contributed by atoms with E-state index in [2.05, 4.69) is 39.0 Å². The molecule has 100 valence electrons. The zero-order chi connectivity index (χ0) is 13.2. The van der Waals surface area contributed by atoms with Gasteiger partial charge in [-0.3, -0.25) is 0 Å². The summed E-state index contributed by atoms with van der Waals surface area (Å²) in [6.07, 6.45) is 2.44. The van der Waals surface area contributed by atoms with E-state index in [1.54, 1.807) is 0 Å². The molecule has 0 aliphatic heterocycles. The van der Waals surface area contributed by atoms with Gasteiger partial charge in [-0.1, -0.05) is 39.0 Å². The molecule has 1 aromatic carbocycles. The van der Waals surface area contributed by atoms with Gasteiger partial charge >= 0.3 is 0 Å².